The Morgan fingerprint density at radius 1 is 0.833 bits per heavy atom. The molecular weight excluding hydrogens is 144 g/mol. The highest BCUT2D eigenvalue weighted by Crippen LogP contribution is 1.84. The van der Waals surface area contributed by atoms with Crippen molar-refractivity contribution < 1.29 is 0 Å². The molecule has 0 aliphatic rings. The molecule has 0 aromatic heterocycles. The van der Waals surface area contributed by atoms with E-state index in [0.29, 0.717) is 0 Å². The Labute approximate surface area is 75.3 Å². The SMILES string of the molecule is C=CC=CC=CC=CC=CCC. The molecule has 0 nitrogen and oxygen atoms in total. The average Bonchev–Trinajstić information content (AvgIpc) is 2.10. The normalized spacial score (nSPS) is 12.8. The number of hydrogen-bond donors (Lipinski definition) is 0. The summed E-state index contributed by atoms with van der Waals surface area (Å²) in [6.45, 7) is 5.69. The van der Waals surface area contributed by atoms with Crippen LogP contribution in [0.1, 0.15) is 13.3 Å². The van der Waals surface area contributed by atoms with Gasteiger partial charge in [0.05, 0.1) is 0 Å². The molecular formula is C12H16. The summed E-state index contributed by atoms with van der Waals surface area (Å²) in [4.78, 5) is 0. The van der Waals surface area contributed by atoms with Crippen LogP contribution >= 0.6 is 0 Å². The molecule has 0 saturated heterocycles. The third-order valence-electron chi connectivity index (χ3n) is 1.17. The highest BCUT2D eigenvalue weighted by molar-refractivity contribution is 5.16. The zero-order valence-corrected chi connectivity index (χ0v) is 7.61. The summed E-state index contributed by atoms with van der Waals surface area (Å²) < 4.78 is 0. The zero-order chi connectivity index (χ0) is 9.07. The molecule has 0 radical (unpaired) electrons. The maximum absolute atomic E-state index is 3.57. The predicted octanol–water partition coefficient (Wildman–Crippen LogP) is 3.81. The van der Waals surface area contributed by atoms with Gasteiger partial charge in [-0.05, 0) is 6.42 Å². The Balaban J connectivity index is 3.58. The molecule has 0 heteroatoms. The van der Waals surface area contributed by atoms with Gasteiger partial charge in [-0.1, -0.05) is 68.2 Å². The average molecular weight is 160 g/mol. The Bertz CT molecular complexity index is 202. The minimum atomic E-state index is 1.09. The van der Waals surface area contributed by atoms with Gasteiger partial charge in [-0.3, -0.25) is 0 Å². The lowest BCUT2D eigenvalue weighted by molar-refractivity contribution is 1.22. The zero-order valence-electron chi connectivity index (χ0n) is 7.61. The molecule has 0 aromatic carbocycles. The Hall–Kier alpha value is -1.30. The van der Waals surface area contributed by atoms with E-state index in [2.05, 4.69) is 19.6 Å². The molecule has 0 aliphatic carbocycles. The van der Waals surface area contributed by atoms with E-state index in [1.165, 1.54) is 0 Å². The van der Waals surface area contributed by atoms with E-state index < -0.39 is 0 Å². The van der Waals surface area contributed by atoms with E-state index in [1.807, 2.05) is 42.5 Å². The second-order valence-corrected chi connectivity index (χ2v) is 2.23. The molecule has 0 unspecified atom stereocenters. The van der Waals surface area contributed by atoms with Crippen molar-refractivity contribution >= 4 is 0 Å². The van der Waals surface area contributed by atoms with Crippen molar-refractivity contribution in [1.82, 2.24) is 0 Å². The Kier molecular flexibility index (Phi) is 8.65. The minimum absolute atomic E-state index is 1.09. The molecule has 0 amide bonds. The molecule has 12 heavy (non-hydrogen) atoms. The fourth-order valence-electron chi connectivity index (χ4n) is 0.614. The summed E-state index contributed by atoms with van der Waals surface area (Å²) in [5.74, 6) is 0. The van der Waals surface area contributed by atoms with E-state index in [4.69, 9.17) is 0 Å². The van der Waals surface area contributed by atoms with Gasteiger partial charge in [-0.15, -0.1) is 0 Å². The summed E-state index contributed by atoms with van der Waals surface area (Å²) in [5, 5.41) is 0. The fraction of sp³-hybridized carbons (Fsp3) is 0.167. The van der Waals surface area contributed by atoms with Crippen molar-refractivity contribution in [3.8, 4) is 0 Å². The Morgan fingerprint density at radius 3 is 1.83 bits per heavy atom. The van der Waals surface area contributed by atoms with Crippen molar-refractivity contribution in [1.29, 1.82) is 0 Å². The van der Waals surface area contributed by atoms with Crippen LogP contribution in [0.25, 0.3) is 0 Å². The van der Waals surface area contributed by atoms with Crippen LogP contribution in [-0.2, 0) is 0 Å². The van der Waals surface area contributed by atoms with Crippen molar-refractivity contribution in [2.75, 3.05) is 0 Å². The lowest BCUT2D eigenvalue weighted by atomic mass is 10.3. The molecule has 0 bridgehead atoms. The van der Waals surface area contributed by atoms with Crippen molar-refractivity contribution in [3.05, 3.63) is 61.3 Å². The molecule has 0 saturated carbocycles. The third-order valence-corrected chi connectivity index (χ3v) is 1.17. The van der Waals surface area contributed by atoms with E-state index in [0.717, 1.165) is 6.42 Å². The van der Waals surface area contributed by atoms with Gasteiger partial charge in [0.15, 0.2) is 0 Å². The summed E-state index contributed by atoms with van der Waals surface area (Å²) in [5.41, 5.74) is 0. The van der Waals surface area contributed by atoms with Crippen molar-refractivity contribution in [2.24, 2.45) is 0 Å². The van der Waals surface area contributed by atoms with Crippen molar-refractivity contribution in [2.45, 2.75) is 13.3 Å². The van der Waals surface area contributed by atoms with E-state index in [1.54, 1.807) is 6.08 Å². The van der Waals surface area contributed by atoms with Gasteiger partial charge in [0.25, 0.3) is 0 Å². The van der Waals surface area contributed by atoms with Crippen molar-refractivity contribution in [3.63, 3.8) is 0 Å². The highest BCUT2D eigenvalue weighted by Gasteiger charge is 1.62. The molecule has 0 fully saturated rings. The molecule has 0 N–H and O–H groups in total. The maximum Gasteiger partial charge on any atom is -0.0376 e. The predicted molar refractivity (Wildman–Crippen MR) is 57.0 cm³/mol. The minimum Gasteiger partial charge on any atom is -0.0991 e. The van der Waals surface area contributed by atoms with Gasteiger partial charge in [-0.2, -0.15) is 0 Å². The van der Waals surface area contributed by atoms with Crippen LogP contribution in [0.3, 0.4) is 0 Å². The first-order valence-electron chi connectivity index (χ1n) is 4.19. The molecule has 0 atom stereocenters. The van der Waals surface area contributed by atoms with E-state index in [-0.39, 0.29) is 0 Å². The monoisotopic (exact) mass is 160 g/mol. The van der Waals surface area contributed by atoms with Gasteiger partial charge in [0.1, 0.15) is 0 Å². The molecule has 0 rings (SSSR count). The van der Waals surface area contributed by atoms with Gasteiger partial charge in [-0.25, -0.2) is 0 Å². The van der Waals surface area contributed by atoms with Crippen LogP contribution in [0.2, 0.25) is 0 Å². The molecule has 64 valence electrons. The largest absolute Gasteiger partial charge is 0.0991 e. The molecule has 0 aromatic rings. The third kappa shape index (κ3) is 8.70. The van der Waals surface area contributed by atoms with Gasteiger partial charge in [0.2, 0.25) is 0 Å². The molecule has 0 aliphatic heterocycles. The number of rotatable bonds is 5. The van der Waals surface area contributed by atoms with E-state index in [9.17, 15) is 0 Å². The van der Waals surface area contributed by atoms with Gasteiger partial charge in [0, 0.05) is 0 Å². The van der Waals surface area contributed by atoms with Gasteiger partial charge < -0.3 is 0 Å². The second-order valence-electron chi connectivity index (χ2n) is 2.23. The van der Waals surface area contributed by atoms with Crippen LogP contribution in [-0.4, -0.2) is 0 Å². The first kappa shape index (κ1) is 10.7. The maximum atomic E-state index is 3.57. The summed E-state index contributed by atoms with van der Waals surface area (Å²) in [6, 6.07) is 0. The summed E-state index contributed by atoms with van der Waals surface area (Å²) in [6.07, 6.45) is 18.8. The van der Waals surface area contributed by atoms with Crippen LogP contribution in [0.5, 0.6) is 0 Å². The quantitative estimate of drug-likeness (QED) is 0.536. The standard InChI is InChI=1S/C12H16/c1-3-5-7-9-11-12-10-8-6-4-2/h3,5-12H,1,4H2,2H3. The lowest BCUT2D eigenvalue weighted by Gasteiger charge is -1.74. The summed E-state index contributed by atoms with van der Waals surface area (Å²) >= 11 is 0. The van der Waals surface area contributed by atoms with E-state index >= 15 is 0 Å². The van der Waals surface area contributed by atoms with Gasteiger partial charge >= 0.3 is 0 Å². The molecule has 0 heterocycles. The first-order valence-corrected chi connectivity index (χ1v) is 4.19. The fourth-order valence-corrected chi connectivity index (χ4v) is 0.614. The van der Waals surface area contributed by atoms with Crippen LogP contribution in [0.15, 0.2) is 61.3 Å². The smallest absolute Gasteiger partial charge is 0.0376 e. The van der Waals surface area contributed by atoms with Crippen LogP contribution < -0.4 is 0 Å². The second kappa shape index (κ2) is 9.70. The van der Waals surface area contributed by atoms with Crippen LogP contribution in [0.4, 0.5) is 0 Å². The molecule has 0 spiro atoms. The lowest BCUT2D eigenvalue weighted by Crippen LogP contribution is -1.52. The highest BCUT2D eigenvalue weighted by atomic mass is 13.7. The Morgan fingerprint density at radius 2 is 1.33 bits per heavy atom. The number of allylic oxidation sites excluding steroid dienone is 9. The topological polar surface area (TPSA) is 0 Å². The number of hydrogen-bond acceptors (Lipinski definition) is 0. The summed E-state index contributed by atoms with van der Waals surface area (Å²) in [7, 11) is 0. The first-order chi connectivity index (χ1) is 5.91. The van der Waals surface area contributed by atoms with Crippen LogP contribution in [0, 0.1) is 0 Å².